The molecule has 4 rings (SSSR count). The van der Waals surface area contributed by atoms with Crippen LogP contribution in [0.4, 0.5) is 14.9 Å². The average Bonchev–Trinajstić information content (AvgIpc) is 2.82. The number of amides is 2. The van der Waals surface area contributed by atoms with Gasteiger partial charge in [-0.05, 0) is 74.8 Å². The van der Waals surface area contributed by atoms with Gasteiger partial charge in [-0.2, -0.15) is 0 Å². The van der Waals surface area contributed by atoms with Crippen molar-refractivity contribution in [2.24, 2.45) is 5.92 Å². The largest absolute Gasteiger partial charge is 0.334 e. The predicted molar refractivity (Wildman–Crippen MR) is 134 cm³/mol. The summed E-state index contributed by atoms with van der Waals surface area (Å²) >= 11 is 0. The van der Waals surface area contributed by atoms with Crippen LogP contribution in [0.25, 0.3) is 0 Å². The Hall–Kier alpha value is -2.73. The molecule has 2 fully saturated rings. The van der Waals surface area contributed by atoms with E-state index in [1.807, 2.05) is 12.1 Å². The van der Waals surface area contributed by atoms with E-state index in [1.165, 1.54) is 31.7 Å². The van der Waals surface area contributed by atoms with Gasteiger partial charge in [-0.15, -0.1) is 0 Å². The van der Waals surface area contributed by atoms with Crippen molar-refractivity contribution < 1.29 is 14.0 Å². The second-order valence-electron chi connectivity index (χ2n) is 9.96. The van der Waals surface area contributed by atoms with Gasteiger partial charge in [0.25, 0.3) is 0 Å². The summed E-state index contributed by atoms with van der Waals surface area (Å²) in [5.74, 6) is 0.396. The van der Waals surface area contributed by atoms with Gasteiger partial charge in [0.2, 0.25) is 0 Å². The lowest BCUT2D eigenvalue weighted by atomic mass is 9.81. The van der Waals surface area contributed by atoms with Gasteiger partial charge in [0.1, 0.15) is 5.82 Å². The minimum absolute atomic E-state index is 0.0224. The molecule has 2 saturated carbocycles. The van der Waals surface area contributed by atoms with Crippen molar-refractivity contribution in [2.45, 2.75) is 82.8 Å². The smallest absolute Gasteiger partial charge is 0.319 e. The van der Waals surface area contributed by atoms with Gasteiger partial charge in [-0.3, -0.25) is 4.79 Å². The third kappa shape index (κ3) is 6.89. The number of ketones is 1. The van der Waals surface area contributed by atoms with Crippen molar-refractivity contribution in [3.05, 3.63) is 65.5 Å². The number of carbonyl (C=O) groups excluding carboxylic acids is 2. The number of urea groups is 1. The molecule has 2 aliphatic carbocycles. The molecule has 0 radical (unpaired) electrons. The third-order valence-electron chi connectivity index (χ3n) is 7.28. The number of rotatable bonds is 7. The van der Waals surface area contributed by atoms with Crippen molar-refractivity contribution in [2.75, 3.05) is 5.32 Å². The highest BCUT2D eigenvalue weighted by atomic mass is 19.1. The molecule has 1 unspecified atom stereocenters. The number of anilines is 1. The van der Waals surface area contributed by atoms with Gasteiger partial charge in [-0.1, -0.05) is 49.9 Å². The van der Waals surface area contributed by atoms with E-state index in [4.69, 9.17) is 0 Å². The number of hydrogen-bond donors (Lipinski definition) is 3. The van der Waals surface area contributed by atoms with Crippen LogP contribution in [0.15, 0.2) is 48.5 Å². The molecule has 0 aromatic heterocycles. The zero-order valence-electron chi connectivity index (χ0n) is 20.0. The Kier molecular flexibility index (Phi) is 8.33. The van der Waals surface area contributed by atoms with Gasteiger partial charge >= 0.3 is 6.03 Å². The van der Waals surface area contributed by atoms with Crippen LogP contribution < -0.4 is 16.0 Å². The topological polar surface area (TPSA) is 70.2 Å². The molecule has 2 aromatic rings. The van der Waals surface area contributed by atoms with Crippen molar-refractivity contribution in [1.29, 1.82) is 0 Å². The second kappa shape index (κ2) is 11.6. The number of halogens is 1. The number of Topliss-reactive ketones (excluding diaryl/α,β-unsaturated/α-hetero) is 1. The first-order chi connectivity index (χ1) is 16.5. The highest BCUT2D eigenvalue weighted by Gasteiger charge is 2.30. The Morgan fingerprint density at radius 1 is 0.941 bits per heavy atom. The van der Waals surface area contributed by atoms with Crippen LogP contribution in [0.5, 0.6) is 0 Å². The van der Waals surface area contributed by atoms with E-state index in [2.05, 4.69) is 16.0 Å². The Balaban J connectivity index is 1.30. The lowest BCUT2D eigenvalue weighted by molar-refractivity contribution is 0.101. The lowest BCUT2D eigenvalue weighted by Crippen LogP contribution is -2.55. The van der Waals surface area contributed by atoms with Gasteiger partial charge < -0.3 is 16.0 Å². The molecule has 0 bridgehead atoms. The lowest BCUT2D eigenvalue weighted by Gasteiger charge is -2.38. The van der Waals surface area contributed by atoms with Crippen molar-refractivity contribution >= 4 is 17.5 Å². The number of nitrogens with one attached hydrogen (secondary N) is 3. The molecule has 0 saturated heterocycles. The van der Waals surface area contributed by atoms with Gasteiger partial charge in [0, 0.05) is 29.4 Å². The van der Waals surface area contributed by atoms with Crippen LogP contribution in [0.3, 0.4) is 0 Å². The van der Waals surface area contributed by atoms with Crippen LogP contribution >= 0.6 is 0 Å². The zero-order chi connectivity index (χ0) is 23.9. The van der Waals surface area contributed by atoms with E-state index in [-0.39, 0.29) is 29.7 Å². The summed E-state index contributed by atoms with van der Waals surface area (Å²) in [7, 11) is 0. The highest BCUT2D eigenvalue weighted by molar-refractivity contribution is 5.96. The molecule has 2 aromatic carbocycles. The molecular weight excluding hydrogens is 429 g/mol. The fourth-order valence-corrected chi connectivity index (χ4v) is 5.54. The first kappa shape index (κ1) is 24.4. The molecule has 2 aliphatic rings. The van der Waals surface area contributed by atoms with E-state index in [0.717, 1.165) is 38.5 Å². The molecule has 4 atom stereocenters. The fraction of sp³-hybridized carbons (Fsp3) is 0.500. The Labute approximate surface area is 201 Å². The molecule has 34 heavy (non-hydrogen) atoms. The minimum atomic E-state index is -0.225. The maximum Gasteiger partial charge on any atom is 0.319 e. The summed E-state index contributed by atoms with van der Waals surface area (Å²) in [6.45, 7) is 1.52. The number of benzene rings is 2. The van der Waals surface area contributed by atoms with Crippen LogP contribution in [-0.2, 0) is 6.42 Å². The predicted octanol–water partition coefficient (Wildman–Crippen LogP) is 5.85. The van der Waals surface area contributed by atoms with E-state index in [0.29, 0.717) is 23.2 Å². The maximum atomic E-state index is 13.2. The van der Waals surface area contributed by atoms with E-state index < -0.39 is 0 Å². The van der Waals surface area contributed by atoms with Gasteiger partial charge in [0.15, 0.2) is 5.78 Å². The molecule has 3 N–H and O–H groups in total. The minimum Gasteiger partial charge on any atom is -0.334 e. The summed E-state index contributed by atoms with van der Waals surface area (Å²) in [6, 6.07) is 14.5. The van der Waals surface area contributed by atoms with Crippen molar-refractivity contribution in [3.8, 4) is 0 Å². The summed E-state index contributed by atoms with van der Waals surface area (Å²) in [5, 5.41) is 9.95. The normalized spacial score (nSPS) is 24.9. The molecule has 0 spiro atoms. The van der Waals surface area contributed by atoms with Crippen molar-refractivity contribution in [3.63, 3.8) is 0 Å². The molecule has 6 heteroatoms. The summed E-state index contributed by atoms with van der Waals surface area (Å²) in [5.41, 5.74) is 2.42. The van der Waals surface area contributed by atoms with Crippen molar-refractivity contribution in [1.82, 2.24) is 10.6 Å². The third-order valence-corrected chi connectivity index (χ3v) is 7.28. The van der Waals surface area contributed by atoms with Gasteiger partial charge in [-0.25, -0.2) is 9.18 Å². The first-order valence-corrected chi connectivity index (χ1v) is 12.7. The van der Waals surface area contributed by atoms with E-state index in [1.54, 1.807) is 36.4 Å². The van der Waals surface area contributed by atoms with E-state index in [9.17, 15) is 14.0 Å². The maximum absolute atomic E-state index is 13.2. The standard InChI is InChI=1S/C28H36FN3O2/c1-19(33)22-7-5-9-25(18-22)31-28(34)32-27-11-3-2-10-26(27)30-24-8-4-6-21(17-24)16-20-12-14-23(29)15-13-20/h5,7,9,12-15,18,21,24,26-27,30H,2-4,6,8,10-11,16-17H2,1H3,(H2,31,32,34)/t21-,24+,26+,27?/m0/s1. The Morgan fingerprint density at radius 2 is 1.71 bits per heavy atom. The molecule has 182 valence electrons. The van der Waals surface area contributed by atoms with Crippen LogP contribution in [0, 0.1) is 11.7 Å². The quantitative estimate of drug-likeness (QED) is 0.449. The highest BCUT2D eigenvalue weighted by Crippen LogP contribution is 2.29. The summed E-state index contributed by atoms with van der Waals surface area (Å²) in [4.78, 5) is 24.3. The summed E-state index contributed by atoms with van der Waals surface area (Å²) in [6.07, 6.45) is 9.98. The monoisotopic (exact) mass is 465 g/mol. The SMILES string of the molecule is CC(=O)c1cccc(NC(=O)NC2CCCC[C@H]2N[C@@H]2CCC[C@@H](Cc3ccc(F)cc3)C2)c1. The molecule has 0 heterocycles. The number of carbonyl (C=O) groups is 2. The van der Waals surface area contributed by atoms with Crippen LogP contribution in [0.1, 0.15) is 74.2 Å². The first-order valence-electron chi connectivity index (χ1n) is 12.7. The molecule has 0 aliphatic heterocycles. The number of hydrogen-bond acceptors (Lipinski definition) is 3. The average molecular weight is 466 g/mol. The zero-order valence-corrected chi connectivity index (χ0v) is 20.0. The Morgan fingerprint density at radius 3 is 2.47 bits per heavy atom. The Bertz CT molecular complexity index is 978. The van der Waals surface area contributed by atoms with E-state index >= 15 is 0 Å². The molecular formula is C28H36FN3O2. The van der Waals surface area contributed by atoms with Crippen LogP contribution in [0.2, 0.25) is 0 Å². The molecule has 5 nitrogen and oxygen atoms in total. The molecule has 2 amide bonds. The van der Waals surface area contributed by atoms with Crippen LogP contribution in [-0.4, -0.2) is 29.9 Å². The second-order valence-corrected chi connectivity index (χ2v) is 9.96. The van der Waals surface area contributed by atoms with Gasteiger partial charge in [0.05, 0.1) is 0 Å². The summed E-state index contributed by atoms with van der Waals surface area (Å²) < 4.78 is 13.2. The fourth-order valence-electron chi connectivity index (χ4n) is 5.54.